The van der Waals surface area contributed by atoms with Crippen LogP contribution in [-0.4, -0.2) is 46.5 Å². The molecule has 0 fully saturated rings. The van der Waals surface area contributed by atoms with Crippen LogP contribution in [0.3, 0.4) is 0 Å². The molecule has 5 N–H and O–H groups in total. The summed E-state index contributed by atoms with van der Waals surface area (Å²) in [6.45, 7) is -1.38. The van der Waals surface area contributed by atoms with E-state index in [-0.39, 0.29) is 5.78 Å². The maximum Gasteiger partial charge on any atom is 0.187 e. The van der Waals surface area contributed by atoms with Crippen molar-refractivity contribution in [3.63, 3.8) is 0 Å². The predicted octanol–water partition coefficient (Wildman–Crippen LogP) is 1.90. The normalized spacial score (nSPS) is 13.0. The van der Waals surface area contributed by atoms with Gasteiger partial charge in [-0.1, -0.05) is 23.9 Å². The molecule has 26 heavy (non-hydrogen) atoms. The average molecular weight is 372 g/mol. The minimum atomic E-state index is -1.26. The van der Waals surface area contributed by atoms with Gasteiger partial charge in [0.15, 0.2) is 5.78 Å². The van der Waals surface area contributed by atoms with E-state index in [0.29, 0.717) is 5.56 Å². The van der Waals surface area contributed by atoms with Crippen LogP contribution in [0.1, 0.15) is 10.4 Å². The van der Waals surface area contributed by atoms with Crippen LogP contribution in [0.5, 0.6) is 0 Å². The number of anilines is 2. The predicted molar refractivity (Wildman–Crippen MR) is 101 cm³/mol. The largest absolute Gasteiger partial charge is 0.394 e. The Hall–Kier alpha value is -2.32. The average Bonchev–Trinajstić information content (AvgIpc) is 2.69. The summed E-state index contributed by atoms with van der Waals surface area (Å²) in [5.41, 5.74) is 1.13. The van der Waals surface area contributed by atoms with Crippen LogP contribution in [0.15, 0.2) is 64.5 Å². The van der Waals surface area contributed by atoms with Crippen LogP contribution in [0, 0.1) is 0 Å². The quantitative estimate of drug-likeness (QED) is 0.319. The van der Waals surface area contributed by atoms with Gasteiger partial charge in [0.1, 0.15) is 5.54 Å². The van der Waals surface area contributed by atoms with Crippen molar-refractivity contribution < 1.29 is 20.1 Å². The molecule has 0 bridgehead atoms. The van der Waals surface area contributed by atoms with E-state index in [2.05, 4.69) is 10.6 Å². The van der Waals surface area contributed by atoms with Gasteiger partial charge in [-0.25, -0.2) is 0 Å². The summed E-state index contributed by atoms with van der Waals surface area (Å²) >= 11 is 1.65. The van der Waals surface area contributed by atoms with Crippen LogP contribution < -0.4 is 10.6 Å². The molecule has 0 amide bonds. The minimum absolute atomic E-state index is 0.228. The zero-order valence-corrected chi connectivity index (χ0v) is 14.8. The van der Waals surface area contributed by atoms with Crippen LogP contribution in [0.25, 0.3) is 0 Å². The van der Waals surface area contributed by atoms with E-state index < -0.39 is 25.4 Å². The van der Waals surface area contributed by atoms with E-state index in [4.69, 9.17) is 0 Å². The number of aliphatic hydroxyl groups is 3. The van der Waals surface area contributed by atoms with Crippen molar-refractivity contribution in [1.29, 1.82) is 0 Å². The van der Waals surface area contributed by atoms with Gasteiger partial charge < -0.3 is 26.0 Å². The third-order valence-corrected chi connectivity index (χ3v) is 5.32. The summed E-state index contributed by atoms with van der Waals surface area (Å²) in [5, 5.41) is 33.8. The Morgan fingerprint density at radius 1 is 1.04 bits per heavy atom. The Kier molecular flexibility index (Phi) is 5.63. The van der Waals surface area contributed by atoms with E-state index >= 15 is 0 Å². The molecule has 2 aromatic carbocycles. The fraction of sp³-hybridized carbons (Fsp3) is 0.211. The number of aliphatic hydroxyl groups excluding tert-OH is 3. The Bertz CT molecular complexity index is 826. The van der Waals surface area contributed by atoms with Crippen molar-refractivity contribution in [3.8, 4) is 0 Å². The highest BCUT2D eigenvalue weighted by atomic mass is 32.2. The Morgan fingerprint density at radius 2 is 1.73 bits per heavy atom. The summed E-state index contributed by atoms with van der Waals surface area (Å²) in [7, 11) is 0. The number of allylic oxidation sites excluding steroid dienone is 1. The summed E-state index contributed by atoms with van der Waals surface area (Å²) in [6.07, 6.45) is 2.64. The number of ketones is 1. The summed E-state index contributed by atoms with van der Waals surface area (Å²) < 4.78 is 0. The van der Waals surface area contributed by atoms with Gasteiger partial charge in [0.2, 0.25) is 0 Å². The van der Waals surface area contributed by atoms with Crippen LogP contribution in [0.2, 0.25) is 0 Å². The Balaban J connectivity index is 1.73. The topological polar surface area (TPSA) is 102 Å². The lowest BCUT2D eigenvalue weighted by Gasteiger charge is -2.27. The third kappa shape index (κ3) is 3.76. The first kappa shape index (κ1) is 18.5. The first-order valence-corrected chi connectivity index (χ1v) is 8.91. The van der Waals surface area contributed by atoms with Crippen LogP contribution in [0.4, 0.5) is 11.4 Å². The monoisotopic (exact) mass is 372 g/mol. The zero-order valence-electron chi connectivity index (χ0n) is 14.0. The fourth-order valence-corrected chi connectivity index (χ4v) is 3.44. The number of carbonyl (C=O) groups excluding carboxylic acids is 1. The molecule has 3 rings (SSSR count). The van der Waals surface area contributed by atoms with Gasteiger partial charge in [-0.05, 0) is 30.3 Å². The summed E-state index contributed by atoms with van der Waals surface area (Å²) in [4.78, 5) is 14.6. The van der Waals surface area contributed by atoms with Crippen molar-refractivity contribution >= 4 is 28.9 Å². The van der Waals surface area contributed by atoms with Crippen LogP contribution >= 0.6 is 11.8 Å². The molecule has 7 heteroatoms. The van der Waals surface area contributed by atoms with Crippen molar-refractivity contribution in [1.82, 2.24) is 5.32 Å². The van der Waals surface area contributed by atoms with Gasteiger partial charge in [0.05, 0.1) is 31.2 Å². The van der Waals surface area contributed by atoms with E-state index in [1.165, 1.54) is 12.3 Å². The SMILES string of the molecule is O=C(/C=C/NC(CO)(CO)CO)c1ccc2c(c1)Nc1ccccc1S2. The van der Waals surface area contributed by atoms with Gasteiger partial charge in [-0.15, -0.1) is 0 Å². The number of rotatable bonds is 7. The van der Waals surface area contributed by atoms with E-state index in [1.807, 2.05) is 30.3 Å². The first-order chi connectivity index (χ1) is 12.6. The highest BCUT2D eigenvalue weighted by Gasteiger charge is 2.26. The van der Waals surface area contributed by atoms with Crippen molar-refractivity contribution in [2.75, 3.05) is 25.1 Å². The summed E-state index contributed by atoms with van der Waals surface area (Å²) in [5.74, 6) is -0.228. The first-order valence-electron chi connectivity index (χ1n) is 8.10. The number of hydrogen-bond acceptors (Lipinski definition) is 7. The maximum atomic E-state index is 12.4. The van der Waals surface area contributed by atoms with Gasteiger partial charge in [-0.3, -0.25) is 4.79 Å². The van der Waals surface area contributed by atoms with Crippen molar-refractivity contribution in [2.24, 2.45) is 0 Å². The molecule has 0 aliphatic carbocycles. The fourth-order valence-electron chi connectivity index (χ4n) is 2.47. The molecular weight excluding hydrogens is 352 g/mol. The number of carbonyl (C=O) groups is 1. The number of benzene rings is 2. The molecule has 0 radical (unpaired) electrons. The third-order valence-electron chi connectivity index (χ3n) is 4.17. The Morgan fingerprint density at radius 3 is 2.46 bits per heavy atom. The standard InChI is InChI=1S/C19H20N2O4S/c22-10-19(11-23,12-24)20-8-7-16(25)13-5-6-18-15(9-13)21-14-3-1-2-4-17(14)26-18/h1-9,20-24H,10-12H2/b8-7+. The highest BCUT2D eigenvalue weighted by Crippen LogP contribution is 2.44. The molecule has 0 unspecified atom stereocenters. The van der Waals surface area contributed by atoms with E-state index in [0.717, 1.165) is 21.2 Å². The zero-order chi connectivity index (χ0) is 18.6. The molecule has 0 saturated heterocycles. The molecular formula is C19H20N2O4S. The molecule has 1 heterocycles. The molecule has 0 spiro atoms. The lowest BCUT2D eigenvalue weighted by molar-refractivity contribution is 0.0518. The number of fused-ring (bicyclic) bond motifs is 2. The second kappa shape index (κ2) is 7.92. The van der Waals surface area contributed by atoms with Crippen molar-refractivity contribution in [2.45, 2.75) is 15.3 Å². The molecule has 0 saturated carbocycles. The van der Waals surface area contributed by atoms with E-state index in [9.17, 15) is 20.1 Å². The second-order valence-corrected chi connectivity index (χ2v) is 7.11. The van der Waals surface area contributed by atoms with Gasteiger partial charge >= 0.3 is 0 Å². The van der Waals surface area contributed by atoms with Crippen molar-refractivity contribution in [3.05, 3.63) is 60.3 Å². The Labute approximate surface area is 155 Å². The van der Waals surface area contributed by atoms with Crippen LogP contribution in [-0.2, 0) is 0 Å². The molecule has 0 aromatic heterocycles. The van der Waals surface area contributed by atoms with Gasteiger partial charge in [-0.2, -0.15) is 0 Å². The second-order valence-electron chi connectivity index (χ2n) is 6.03. The minimum Gasteiger partial charge on any atom is -0.394 e. The lowest BCUT2D eigenvalue weighted by atomic mass is 10.0. The maximum absolute atomic E-state index is 12.4. The van der Waals surface area contributed by atoms with Gasteiger partial charge in [0.25, 0.3) is 0 Å². The molecule has 136 valence electrons. The lowest BCUT2D eigenvalue weighted by Crippen LogP contribution is -2.52. The highest BCUT2D eigenvalue weighted by molar-refractivity contribution is 7.99. The molecule has 1 aliphatic rings. The number of para-hydroxylation sites is 1. The smallest absolute Gasteiger partial charge is 0.187 e. The molecule has 6 nitrogen and oxygen atoms in total. The molecule has 0 atom stereocenters. The molecule has 2 aromatic rings. The van der Waals surface area contributed by atoms with E-state index in [1.54, 1.807) is 23.9 Å². The number of hydrogen-bond donors (Lipinski definition) is 5. The summed E-state index contributed by atoms with van der Waals surface area (Å²) in [6, 6.07) is 13.4. The van der Waals surface area contributed by atoms with Gasteiger partial charge in [0, 0.05) is 27.6 Å². The number of nitrogens with one attached hydrogen (secondary N) is 2. The molecule has 1 aliphatic heterocycles.